The second-order valence-corrected chi connectivity index (χ2v) is 6.71. The SMILES string of the molecule is CCCC(=O)C1=CN(C(C)(C)C)CCC1(C)C. The van der Waals surface area contributed by atoms with E-state index in [9.17, 15) is 4.79 Å². The number of rotatable bonds is 3. The molecule has 0 radical (unpaired) electrons. The molecule has 1 aliphatic heterocycles. The highest BCUT2D eigenvalue weighted by Gasteiger charge is 2.34. The third-order valence-electron chi connectivity index (χ3n) is 3.63. The molecule has 0 aliphatic carbocycles. The number of carbonyl (C=O) groups excluding carboxylic acids is 1. The molecule has 1 rings (SSSR count). The fourth-order valence-corrected chi connectivity index (χ4v) is 2.27. The maximum atomic E-state index is 12.2. The van der Waals surface area contributed by atoms with Crippen molar-refractivity contribution < 1.29 is 4.79 Å². The van der Waals surface area contributed by atoms with E-state index in [0.29, 0.717) is 12.2 Å². The topological polar surface area (TPSA) is 20.3 Å². The summed E-state index contributed by atoms with van der Waals surface area (Å²) in [6.45, 7) is 14.1. The minimum absolute atomic E-state index is 0.0357. The molecule has 2 heteroatoms. The van der Waals surface area contributed by atoms with Crippen molar-refractivity contribution in [3.8, 4) is 0 Å². The Bertz CT molecular complexity index is 320. The number of hydrogen-bond donors (Lipinski definition) is 0. The van der Waals surface area contributed by atoms with E-state index in [0.717, 1.165) is 25.0 Å². The van der Waals surface area contributed by atoms with Gasteiger partial charge in [0.15, 0.2) is 5.78 Å². The van der Waals surface area contributed by atoms with Crippen LogP contribution in [0.15, 0.2) is 11.8 Å². The molecule has 98 valence electrons. The molecule has 0 bridgehead atoms. The molecule has 0 saturated heterocycles. The summed E-state index contributed by atoms with van der Waals surface area (Å²) >= 11 is 0. The first-order valence-electron chi connectivity index (χ1n) is 6.71. The molecule has 0 fully saturated rings. The number of hydrogen-bond acceptors (Lipinski definition) is 2. The number of Topliss-reactive ketones (excluding diaryl/α,β-unsaturated/α-hetero) is 1. The third-order valence-corrected chi connectivity index (χ3v) is 3.63. The zero-order chi connectivity index (χ0) is 13.3. The molecule has 0 aromatic carbocycles. The minimum Gasteiger partial charge on any atom is -0.372 e. The van der Waals surface area contributed by atoms with E-state index in [1.807, 2.05) is 0 Å². The second kappa shape index (κ2) is 4.83. The van der Waals surface area contributed by atoms with Gasteiger partial charge in [-0.2, -0.15) is 0 Å². The van der Waals surface area contributed by atoms with E-state index in [1.165, 1.54) is 0 Å². The summed E-state index contributed by atoms with van der Waals surface area (Å²) < 4.78 is 0. The van der Waals surface area contributed by atoms with Crippen molar-refractivity contribution in [1.29, 1.82) is 0 Å². The van der Waals surface area contributed by atoms with Crippen LogP contribution in [-0.4, -0.2) is 22.8 Å². The molecule has 2 nitrogen and oxygen atoms in total. The van der Waals surface area contributed by atoms with Crippen LogP contribution < -0.4 is 0 Å². The molecular formula is C15H27NO. The van der Waals surface area contributed by atoms with Gasteiger partial charge in [-0.25, -0.2) is 0 Å². The summed E-state index contributed by atoms with van der Waals surface area (Å²) in [6, 6.07) is 0. The monoisotopic (exact) mass is 237 g/mol. The van der Waals surface area contributed by atoms with Crippen molar-refractivity contribution in [2.45, 2.75) is 66.3 Å². The molecule has 0 saturated carbocycles. The van der Waals surface area contributed by atoms with Gasteiger partial charge in [-0.3, -0.25) is 4.79 Å². The molecule has 1 heterocycles. The Morgan fingerprint density at radius 2 is 2.00 bits per heavy atom. The summed E-state index contributed by atoms with van der Waals surface area (Å²) in [5, 5.41) is 0. The Balaban J connectivity index is 3.01. The lowest BCUT2D eigenvalue weighted by Crippen LogP contribution is -2.44. The van der Waals surface area contributed by atoms with Crippen molar-refractivity contribution >= 4 is 5.78 Å². The first-order chi connectivity index (χ1) is 7.68. The summed E-state index contributed by atoms with van der Waals surface area (Å²) in [7, 11) is 0. The van der Waals surface area contributed by atoms with Crippen molar-refractivity contribution in [1.82, 2.24) is 4.90 Å². The Hall–Kier alpha value is -0.790. The Labute approximate surface area is 106 Å². The first-order valence-corrected chi connectivity index (χ1v) is 6.71. The molecule has 0 N–H and O–H groups in total. The van der Waals surface area contributed by atoms with Gasteiger partial charge in [0.2, 0.25) is 0 Å². The van der Waals surface area contributed by atoms with E-state index >= 15 is 0 Å². The van der Waals surface area contributed by atoms with Gasteiger partial charge in [0, 0.05) is 30.3 Å². The highest BCUT2D eigenvalue weighted by molar-refractivity contribution is 5.96. The largest absolute Gasteiger partial charge is 0.372 e. The molecule has 0 unspecified atom stereocenters. The standard InChI is InChI=1S/C15H27NO/c1-7-8-13(17)12-11-16(14(2,3)4)10-9-15(12,5)6/h11H,7-10H2,1-6H3. The fraction of sp³-hybridized carbons (Fsp3) is 0.800. The van der Waals surface area contributed by atoms with Crippen LogP contribution in [0, 0.1) is 5.41 Å². The molecule has 0 spiro atoms. The molecule has 0 aromatic heterocycles. The van der Waals surface area contributed by atoms with Crippen molar-refractivity contribution in [3.05, 3.63) is 11.8 Å². The predicted molar refractivity (Wildman–Crippen MR) is 72.9 cm³/mol. The first kappa shape index (κ1) is 14.3. The lowest BCUT2D eigenvalue weighted by atomic mass is 9.76. The highest BCUT2D eigenvalue weighted by Crippen LogP contribution is 2.37. The number of nitrogens with zero attached hydrogens (tertiary/aromatic N) is 1. The van der Waals surface area contributed by atoms with Crippen LogP contribution in [0.25, 0.3) is 0 Å². The summed E-state index contributed by atoms with van der Waals surface area (Å²) in [5.41, 5.74) is 1.16. The van der Waals surface area contributed by atoms with Crippen LogP contribution in [0.3, 0.4) is 0 Å². The molecule has 1 aliphatic rings. The van der Waals surface area contributed by atoms with Gasteiger partial charge in [0.1, 0.15) is 0 Å². The van der Waals surface area contributed by atoms with E-state index in [2.05, 4.69) is 52.6 Å². The number of carbonyl (C=O) groups is 1. The average Bonchev–Trinajstić information content (AvgIpc) is 2.15. The van der Waals surface area contributed by atoms with E-state index in [4.69, 9.17) is 0 Å². The normalized spacial score (nSPS) is 20.1. The Morgan fingerprint density at radius 3 is 2.47 bits per heavy atom. The van der Waals surface area contributed by atoms with Crippen LogP contribution in [0.4, 0.5) is 0 Å². The van der Waals surface area contributed by atoms with Crippen LogP contribution in [0.5, 0.6) is 0 Å². The second-order valence-electron chi connectivity index (χ2n) is 6.71. The fourth-order valence-electron chi connectivity index (χ4n) is 2.27. The van der Waals surface area contributed by atoms with Crippen LogP contribution in [0.2, 0.25) is 0 Å². The average molecular weight is 237 g/mol. The van der Waals surface area contributed by atoms with E-state index in [1.54, 1.807) is 0 Å². The summed E-state index contributed by atoms with van der Waals surface area (Å²) in [6.07, 6.45) is 4.78. The van der Waals surface area contributed by atoms with Crippen LogP contribution >= 0.6 is 0 Å². The number of ketones is 1. The minimum atomic E-state index is 0.0357. The highest BCUT2D eigenvalue weighted by atomic mass is 16.1. The summed E-state index contributed by atoms with van der Waals surface area (Å²) in [4.78, 5) is 14.5. The Morgan fingerprint density at radius 1 is 1.41 bits per heavy atom. The van der Waals surface area contributed by atoms with E-state index in [-0.39, 0.29) is 11.0 Å². The predicted octanol–water partition coefficient (Wildman–Crippen LogP) is 3.77. The number of allylic oxidation sites excluding steroid dienone is 1. The smallest absolute Gasteiger partial charge is 0.160 e. The summed E-state index contributed by atoms with van der Waals surface area (Å²) in [5.74, 6) is 0.325. The van der Waals surface area contributed by atoms with Gasteiger partial charge in [0.25, 0.3) is 0 Å². The van der Waals surface area contributed by atoms with Crippen molar-refractivity contribution in [2.24, 2.45) is 5.41 Å². The van der Waals surface area contributed by atoms with Gasteiger partial charge in [0.05, 0.1) is 0 Å². The lowest BCUT2D eigenvalue weighted by molar-refractivity contribution is -0.117. The maximum Gasteiger partial charge on any atom is 0.160 e. The van der Waals surface area contributed by atoms with Gasteiger partial charge in [-0.1, -0.05) is 20.8 Å². The van der Waals surface area contributed by atoms with Crippen molar-refractivity contribution in [2.75, 3.05) is 6.54 Å². The van der Waals surface area contributed by atoms with Crippen LogP contribution in [-0.2, 0) is 4.79 Å². The zero-order valence-corrected chi connectivity index (χ0v) is 12.3. The lowest BCUT2D eigenvalue weighted by Gasteiger charge is -2.43. The quantitative estimate of drug-likeness (QED) is 0.744. The van der Waals surface area contributed by atoms with Gasteiger partial charge < -0.3 is 4.90 Å². The van der Waals surface area contributed by atoms with Gasteiger partial charge >= 0.3 is 0 Å². The molecular weight excluding hydrogens is 210 g/mol. The Kier molecular flexibility index (Phi) is 4.06. The maximum absolute atomic E-state index is 12.2. The molecule has 0 aromatic rings. The third kappa shape index (κ3) is 3.34. The van der Waals surface area contributed by atoms with Crippen LogP contribution in [0.1, 0.15) is 60.8 Å². The molecule has 0 amide bonds. The van der Waals surface area contributed by atoms with Gasteiger partial charge in [-0.05, 0) is 39.0 Å². The molecule has 0 atom stereocenters. The van der Waals surface area contributed by atoms with E-state index < -0.39 is 0 Å². The van der Waals surface area contributed by atoms with Gasteiger partial charge in [-0.15, -0.1) is 0 Å². The zero-order valence-electron chi connectivity index (χ0n) is 12.3. The van der Waals surface area contributed by atoms with Crippen molar-refractivity contribution in [3.63, 3.8) is 0 Å². The molecule has 17 heavy (non-hydrogen) atoms.